The lowest BCUT2D eigenvalue weighted by Crippen LogP contribution is -2.00. The lowest BCUT2D eigenvalue weighted by Gasteiger charge is -2.25. The van der Waals surface area contributed by atoms with Crippen LogP contribution in [-0.4, -0.2) is 12.0 Å². The molecule has 0 aliphatic carbocycles. The van der Waals surface area contributed by atoms with E-state index in [4.69, 9.17) is 9.20 Å². The van der Waals surface area contributed by atoms with E-state index >= 15 is 0 Å². The van der Waals surface area contributed by atoms with E-state index < -0.39 is 25.0 Å². The van der Waals surface area contributed by atoms with Crippen molar-refractivity contribution in [2.75, 3.05) is 7.11 Å². The summed E-state index contributed by atoms with van der Waals surface area (Å²) in [5, 5.41) is 0. The second-order valence-electron chi connectivity index (χ2n) is 1.68. The molecule has 8 nitrogen and oxygen atoms in total. The maximum Gasteiger partial charge on any atom is 0.486 e. The third-order valence-corrected chi connectivity index (χ3v) is 5.08. The highest BCUT2D eigenvalue weighted by Crippen LogP contribution is 2.74. The van der Waals surface area contributed by atoms with Gasteiger partial charge in [0, 0.05) is 7.11 Å². The molecule has 1 saturated heterocycles. The molecule has 0 aromatic heterocycles. The summed E-state index contributed by atoms with van der Waals surface area (Å²) >= 11 is 0. The molecule has 1 fully saturated rings. The molecule has 1 N–H and O–H groups in total. The van der Waals surface area contributed by atoms with Gasteiger partial charge < -0.3 is 14.3 Å². The van der Waals surface area contributed by atoms with Crippen LogP contribution in [0.5, 0.6) is 0 Å². The number of hydrogen-bond acceptors (Lipinski definition) is 7. The van der Waals surface area contributed by atoms with E-state index in [1.54, 1.807) is 0 Å². The van der Waals surface area contributed by atoms with Gasteiger partial charge in [-0.15, -0.1) is 4.67 Å². The molecule has 1 aliphatic rings. The monoisotopic (exact) mass is 264 g/mol. The Morgan fingerprint density at radius 3 is 2.71 bits per heavy atom. The Labute approximate surface area is 82.2 Å². The first-order chi connectivity index (χ1) is 6.57. The third-order valence-electron chi connectivity index (χ3n) is 0.794. The summed E-state index contributed by atoms with van der Waals surface area (Å²) < 4.78 is 33.6. The molecule has 0 aromatic carbocycles. The molecule has 0 radical (unpaired) electrons. The van der Waals surface area contributed by atoms with Crippen molar-refractivity contribution < 1.29 is 36.5 Å². The third kappa shape index (κ3) is 3.87. The van der Waals surface area contributed by atoms with Gasteiger partial charge in [-0.3, -0.25) is 0 Å². The van der Waals surface area contributed by atoms with Gasteiger partial charge >= 0.3 is 25.0 Å². The SMILES string of the molecule is C=COOP1OP(OC)OP(=O)(O)O1. The van der Waals surface area contributed by atoms with E-state index in [9.17, 15) is 4.57 Å². The maximum absolute atomic E-state index is 11.0. The summed E-state index contributed by atoms with van der Waals surface area (Å²) in [5.74, 6) is 0. The molecule has 1 rings (SSSR count). The van der Waals surface area contributed by atoms with Gasteiger partial charge in [-0.1, -0.05) is 6.58 Å². The molecule has 0 bridgehead atoms. The molecule has 0 spiro atoms. The average Bonchev–Trinajstić information content (AvgIpc) is 2.12. The van der Waals surface area contributed by atoms with Gasteiger partial charge in [0.15, 0.2) is 0 Å². The van der Waals surface area contributed by atoms with Crippen LogP contribution in [0.2, 0.25) is 0 Å². The first kappa shape index (κ1) is 12.5. The molecule has 1 heterocycles. The summed E-state index contributed by atoms with van der Waals surface area (Å²) in [7, 11) is -7.04. The van der Waals surface area contributed by atoms with E-state index in [-0.39, 0.29) is 0 Å². The normalized spacial score (nSPS) is 37.9. The van der Waals surface area contributed by atoms with Gasteiger partial charge in [-0.25, -0.2) is 17.5 Å². The van der Waals surface area contributed by atoms with Crippen molar-refractivity contribution in [1.82, 2.24) is 0 Å². The minimum absolute atomic E-state index is 0.960. The van der Waals surface area contributed by atoms with Gasteiger partial charge in [-0.2, -0.15) is 0 Å². The Balaban J connectivity index is 2.52. The number of hydrogen-bond donors (Lipinski definition) is 1. The molecular weight excluding hydrogens is 257 g/mol. The smallest absolute Gasteiger partial charge is 0.338 e. The largest absolute Gasteiger partial charge is 0.486 e. The van der Waals surface area contributed by atoms with Crippen LogP contribution < -0.4 is 0 Å². The highest BCUT2D eigenvalue weighted by molar-refractivity contribution is 7.71. The summed E-state index contributed by atoms with van der Waals surface area (Å²) in [6.07, 6.45) is 0.960. The van der Waals surface area contributed by atoms with Gasteiger partial charge in [0.1, 0.15) is 6.26 Å². The van der Waals surface area contributed by atoms with E-state index in [0.29, 0.717) is 0 Å². The van der Waals surface area contributed by atoms with E-state index in [1.807, 2.05) is 0 Å². The Morgan fingerprint density at radius 1 is 1.50 bits per heavy atom. The van der Waals surface area contributed by atoms with Crippen LogP contribution in [0.4, 0.5) is 0 Å². The van der Waals surface area contributed by atoms with Crippen LogP contribution in [0.25, 0.3) is 0 Å². The van der Waals surface area contributed by atoms with Gasteiger partial charge in [-0.05, 0) is 0 Å². The molecule has 0 amide bonds. The van der Waals surface area contributed by atoms with Crippen molar-refractivity contribution >= 4 is 25.0 Å². The second-order valence-corrected chi connectivity index (χ2v) is 5.99. The van der Waals surface area contributed by atoms with Crippen LogP contribution in [0.3, 0.4) is 0 Å². The summed E-state index contributed by atoms with van der Waals surface area (Å²) in [4.78, 5) is 13.2. The van der Waals surface area contributed by atoms with Crippen LogP contribution in [0, 0.1) is 0 Å². The van der Waals surface area contributed by atoms with Crippen molar-refractivity contribution in [2.24, 2.45) is 0 Å². The van der Waals surface area contributed by atoms with Crippen molar-refractivity contribution in [3.05, 3.63) is 12.8 Å². The van der Waals surface area contributed by atoms with Gasteiger partial charge in [0.2, 0.25) is 0 Å². The molecule has 11 heteroatoms. The Morgan fingerprint density at radius 2 is 2.14 bits per heavy atom. The summed E-state index contributed by atoms with van der Waals surface area (Å²) in [6, 6.07) is 0. The molecule has 3 atom stereocenters. The standard InChI is InChI=1S/C3H7O8P3/c1-3-7-8-13-9-12(6-2)10-14(4,5)11-13/h3H,1H2,2H3,(H,4,5). The zero-order chi connectivity index (χ0) is 10.6. The fourth-order valence-corrected chi connectivity index (χ4v) is 4.26. The zero-order valence-electron chi connectivity index (χ0n) is 6.93. The Kier molecular flexibility index (Phi) is 4.87. The fraction of sp³-hybridized carbons (Fsp3) is 0.333. The predicted molar refractivity (Wildman–Crippen MR) is 46.3 cm³/mol. The lowest BCUT2D eigenvalue weighted by molar-refractivity contribution is -0.156. The Bertz CT molecular complexity index is 244. The van der Waals surface area contributed by atoms with Crippen molar-refractivity contribution in [1.29, 1.82) is 0 Å². The topological polar surface area (TPSA) is 92.7 Å². The van der Waals surface area contributed by atoms with E-state index in [1.165, 1.54) is 7.11 Å². The first-order valence-corrected chi connectivity index (χ1v) is 6.75. The van der Waals surface area contributed by atoms with Crippen LogP contribution in [0.15, 0.2) is 12.8 Å². The number of rotatable bonds is 4. The summed E-state index contributed by atoms with van der Waals surface area (Å²) in [5.41, 5.74) is 0. The summed E-state index contributed by atoms with van der Waals surface area (Å²) in [6.45, 7) is 3.18. The fourth-order valence-electron chi connectivity index (χ4n) is 0.427. The molecule has 0 saturated carbocycles. The lowest BCUT2D eigenvalue weighted by atomic mass is 11.2. The molecule has 1 aliphatic heterocycles. The van der Waals surface area contributed by atoms with Crippen LogP contribution in [-0.2, 0) is 31.6 Å². The van der Waals surface area contributed by atoms with Gasteiger partial charge in [0.05, 0.1) is 0 Å². The average molecular weight is 264 g/mol. The van der Waals surface area contributed by atoms with Crippen LogP contribution >= 0.6 is 25.0 Å². The molecule has 0 aromatic rings. The number of phosphoric acid groups is 1. The van der Waals surface area contributed by atoms with Crippen molar-refractivity contribution in [2.45, 2.75) is 0 Å². The minimum Gasteiger partial charge on any atom is -0.338 e. The van der Waals surface area contributed by atoms with Crippen LogP contribution in [0.1, 0.15) is 0 Å². The second kappa shape index (κ2) is 5.47. The van der Waals surface area contributed by atoms with Crippen molar-refractivity contribution in [3.8, 4) is 0 Å². The van der Waals surface area contributed by atoms with Gasteiger partial charge in [0.25, 0.3) is 0 Å². The quantitative estimate of drug-likeness (QED) is 0.358. The highest BCUT2D eigenvalue weighted by atomic mass is 31.3. The maximum atomic E-state index is 11.0. The highest BCUT2D eigenvalue weighted by Gasteiger charge is 2.43. The molecule has 3 unspecified atom stereocenters. The first-order valence-electron chi connectivity index (χ1n) is 3.06. The molecule has 14 heavy (non-hydrogen) atoms. The van der Waals surface area contributed by atoms with E-state index in [0.717, 1.165) is 6.26 Å². The molecule has 82 valence electrons. The van der Waals surface area contributed by atoms with E-state index in [2.05, 4.69) is 29.3 Å². The predicted octanol–water partition coefficient (Wildman–Crippen LogP) is 2.34. The minimum atomic E-state index is -4.19. The van der Waals surface area contributed by atoms with Crippen molar-refractivity contribution in [3.63, 3.8) is 0 Å². The zero-order valence-corrected chi connectivity index (χ0v) is 9.61. The Hall–Kier alpha value is 0.390. The molecular formula is C3H7O8P3.